The van der Waals surface area contributed by atoms with Gasteiger partial charge in [-0.15, -0.1) is 0 Å². The molecule has 0 aliphatic rings. The molecule has 146 valence electrons. The molecule has 0 amide bonds. The third-order valence-electron chi connectivity index (χ3n) is 3.14. The van der Waals surface area contributed by atoms with Crippen molar-refractivity contribution in [2.45, 2.75) is 51.6 Å². The van der Waals surface area contributed by atoms with Crippen molar-refractivity contribution in [3.8, 4) is 0 Å². The minimum absolute atomic E-state index is 0.492. The van der Waals surface area contributed by atoms with Crippen LogP contribution in [0.3, 0.4) is 0 Å². The fourth-order valence-electron chi connectivity index (χ4n) is 1.77. The quantitative estimate of drug-likeness (QED) is 0.236. The van der Waals surface area contributed by atoms with Gasteiger partial charge in [-0.25, -0.2) is 0 Å². The second-order valence-corrected chi connectivity index (χ2v) is 6.58. The molecule has 0 rings (SSSR count). The van der Waals surface area contributed by atoms with E-state index in [1.54, 1.807) is 0 Å². The van der Waals surface area contributed by atoms with Crippen LogP contribution in [0.4, 0.5) is 13.2 Å². The van der Waals surface area contributed by atoms with Crippen LogP contribution in [-0.2, 0) is 4.79 Å². The first-order valence-corrected chi connectivity index (χ1v) is 10.1. The lowest BCUT2D eigenvalue weighted by Crippen LogP contribution is -2.24. The number of halogens is 3. The number of hydrogen-bond donors (Lipinski definition) is 0. The number of alkyl halides is 3. The van der Waals surface area contributed by atoms with Gasteiger partial charge in [0.1, 0.15) is 0 Å². The van der Waals surface area contributed by atoms with Gasteiger partial charge >= 0.3 is 6.18 Å². The second-order valence-electron chi connectivity index (χ2n) is 5.47. The molecule has 0 aliphatic carbocycles. The Hall–Kier alpha value is -1.49. The molecular formula is C21H29F3OS. The molecule has 0 saturated heterocycles. The van der Waals surface area contributed by atoms with Crippen LogP contribution >= 0.6 is 11.8 Å². The maximum Gasteiger partial charge on any atom is 0.450 e. The summed E-state index contributed by atoms with van der Waals surface area (Å²) in [5, 5.41) is 0. The van der Waals surface area contributed by atoms with Crippen LogP contribution in [0.5, 0.6) is 0 Å². The molecule has 0 N–H and O–H groups in total. The molecular weight excluding hydrogens is 357 g/mol. The molecule has 0 aromatic carbocycles. The molecule has 0 unspecified atom stereocenters. The maximum atomic E-state index is 12.0. The second kappa shape index (κ2) is 17.0. The van der Waals surface area contributed by atoms with Gasteiger partial charge in [-0.2, -0.15) is 24.9 Å². The Morgan fingerprint density at radius 2 is 1.19 bits per heavy atom. The predicted molar refractivity (Wildman–Crippen MR) is 107 cm³/mol. The standard InChI is InChI=1S/C21H29F3OS/c1-2-3-4-5-6-7-8-9-10-11-12-13-14-15-16-17-18-26-19-20(25)21(22,23)24/h3-4,6-7,9-10,12-13,15-16H,2,5,8,11,14,17-19H2,1H3/b4-3-,7-6-,10-9-,13-12-,16-15-. The molecule has 0 fully saturated rings. The van der Waals surface area contributed by atoms with Crippen molar-refractivity contribution in [1.82, 2.24) is 0 Å². The van der Waals surface area contributed by atoms with E-state index in [1.807, 2.05) is 12.2 Å². The summed E-state index contributed by atoms with van der Waals surface area (Å²) in [4.78, 5) is 10.7. The van der Waals surface area contributed by atoms with Crippen molar-refractivity contribution in [3.63, 3.8) is 0 Å². The van der Waals surface area contributed by atoms with Crippen LogP contribution in [-0.4, -0.2) is 23.5 Å². The summed E-state index contributed by atoms with van der Waals surface area (Å²) in [6.07, 6.45) is 21.7. The van der Waals surface area contributed by atoms with E-state index in [4.69, 9.17) is 0 Å². The van der Waals surface area contributed by atoms with Crippen LogP contribution < -0.4 is 0 Å². The fraction of sp³-hybridized carbons (Fsp3) is 0.476. The zero-order chi connectivity index (χ0) is 19.5. The summed E-state index contributed by atoms with van der Waals surface area (Å²) in [7, 11) is 0. The number of thioether (sulfide) groups is 1. The normalized spacial score (nSPS) is 13.4. The van der Waals surface area contributed by atoms with Crippen molar-refractivity contribution in [2.24, 2.45) is 0 Å². The summed E-state index contributed by atoms with van der Waals surface area (Å²) < 4.78 is 35.9. The van der Waals surface area contributed by atoms with E-state index in [2.05, 4.69) is 55.5 Å². The Kier molecular flexibility index (Phi) is 16.0. The van der Waals surface area contributed by atoms with Crippen molar-refractivity contribution < 1.29 is 18.0 Å². The summed E-state index contributed by atoms with van der Waals surface area (Å²) >= 11 is 1.02. The minimum Gasteiger partial charge on any atom is -0.289 e. The van der Waals surface area contributed by atoms with Crippen molar-refractivity contribution in [3.05, 3.63) is 60.8 Å². The first kappa shape index (κ1) is 24.5. The van der Waals surface area contributed by atoms with Gasteiger partial charge < -0.3 is 0 Å². The molecule has 0 heterocycles. The highest BCUT2D eigenvalue weighted by Gasteiger charge is 2.37. The summed E-state index contributed by atoms with van der Waals surface area (Å²) in [6, 6.07) is 0. The van der Waals surface area contributed by atoms with Crippen molar-refractivity contribution in [2.75, 3.05) is 11.5 Å². The van der Waals surface area contributed by atoms with E-state index >= 15 is 0 Å². The lowest BCUT2D eigenvalue weighted by molar-refractivity contribution is -0.167. The highest BCUT2D eigenvalue weighted by atomic mass is 32.2. The highest BCUT2D eigenvalue weighted by Crippen LogP contribution is 2.18. The van der Waals surface area contributed by atoms with Gasteiger partial charge in [-0.1, -0.05) is 67.7 Å². The van der Waals surface area contributed by atoms with Gasteiger partial charge in [0.2, 0.25) is 5.78 Å². The Bertz CT molecular complexity index is 500. The zero-order valence-electron chi connectivity index (χ0n) is 15.4. The molecule has 0 aliphatic heterocycles. The lowest BCUT2D eigenvalue weighted by atomic mass is 10.2. The van der Waals surface area contributed by atoms with Crippen molar-refractivity contribution in [1.29, 1.82) is 0 Å². The smallest absolute Gasteiger partial charge is 0.289 e. The van der Waals surface area contributed by atoms with Gasteiger partial charge in [0.15, 0.2) is 0 Å². The van der Waals surface area contributed by atoms with Gasteiger partial charge in [-0.3, -0.25) is 4.79 Å². The van der Waals surface area contributed by atoms with Gasteiger partial charge in [0.05, 0.1) is 5.75 Å². The Balaban J connectivity index is 3.55. The molecule has 1 nitrogen and oxygen atoms in total. The first-order valence-electron chi connectivity index (χ1n) is 8.91. The molecule has 0 saturated carbocycles. The number of carbonyl (C=O) groups is 1. The summed E-state index contributed by atoms with van der Waals surface area (Å²) in [6.45, 7) is 2.12. The van der Waals surface area contributed by atoms with Crippen LogP contribution in [0.1, 0.15) is 45.4 Å². The molecule has 0 bridgehead atoms. The first-order chi connectivity index (χ1) is 12.5. The van der Waals surface area contributed by atoms with Crippen molar-refractivity contribution >= 4 is 17.5 Å². The molecule has 0 aromatic rings. The van der Waals surface area contributed by atoms with E-state index in [0.29, 0.717) is 12.2 Å². The zero-order valence-corrected chi connectivity index (χ0v) is 16.2. The average molecular weight is 387 g/mol. The maximum absolute atomic E-state index is 12.0. The molecule has 0 radical (unpaired) electrons. The third-order valence-corrected chi connectivity index (χ3v) is 4.13. The number of Topliss-reactive ketones (excluding diaryl/α,β-unsaturated/α-hetero) is 1. The lowest BCUT2D eigenvalue weighted by Gasteiger charge is -2.03. The SMILES string of the molecule is CC/C=C\C/C=C\C/C=C\C/C=C\C/C=C\CCSCC(=O)C(F)(F)F. The number of carbonyl (C=O) groups excluding carboxylic acids is 1. The Morgan fingerprint density at radius 3 is 1.62 bits per heavy atom. The largest absolute Gasteiger partial charge is 0.450 e. The third kappa shape index (κ3) is 17.3. The predicted octanol–water partition coefficient (Wildman–Crippen LogP) is 6.99. The molecule has 0 aromatic heterocycles. The van der Waals surface area contributed by atoms with E-state index in [1.165, 1.54) is 0 Å². The number of ketones is 1. The molecule has 0 spiro atoms. The summed E-state index contributed by atoms with van der Waals surface area (Å²) in [5.41, 5.74) is 0. The number of rotatable bonds is 14. The molecule has 0 atom stereocenters. The Labute approximate surface area is 159 Å². The van der Waals surface area contributed by atoms with Gasteiger partial charge in [0.25, 0.3) is 0 Å². The number of hydrogen-bond acceptors (Lipinski definition) is 2. The Morgan fingerprint density at radius 1 is 0.769 bits per heavy atom. The topological polar surface area (TPSA) is 17.1 Å². The van der Waals surface area contributed by atoms with Crippen LogP contribution in [0.25, 0.3) is 0 Å². The average Bonchev–Trinajstić information content (AvgIpc) is 2.59. The monoisotopic (exact) mass is 386 g/mol. The van der Waals surface area contributed by atoms with E-state index in [0.717, 1.165) is 43.9 Å². The molecule has 5 heteroatoms. The minimum atomic E-state index is -4.70. The van der Waals surface area contributed by atoms with E-state index in [-0.39, 0.29) is 0 Å². The fourth-order valence-corrected chi connectivity index (χ4v) is 2.56. The van der Waals surface area contributed by atoms with Crippen LogP contribution in [0, 0.1) is 0 Å². The van der Waals surface area contributed by atoms with Gasteiger partial charge in [0, 0.05) is 0 Å². The van der Waals surface area contributed by atoms with E-state index < -0.39 is 17.7 Å². The van der Waals surface area contributed by atoms with Crippen LogP contribution in [0.15, 0.2) is 60.8 Å². The highest BCUT2D eigenvalue weighted by molar-refractivity contribution is 7.99. The summed E-state index contributed by atoms with van der Waals surface area (Å²) in [5.74, 6) is -1.63. The van der Waals surface area contributed by atoms with Crippen LogP contribution in [0.2, 0.25) is 0 Å². The number of allylic oxidation sites excluding steroid dienone is 10. The van der Waals surface area contributed by atoms with Gasteiger partial charge in [-0.05, 0) is 44.3 Å². The van der Waals surface area contributed by atoms with E-state index in [9.17, 15) is 18.0 Å². The molecule has 26 heavy (non-hydrogen) atoms.